The summed E-state index contributed by atoms with van der Waals surface area (Å²) in [6, 6.07) is 8.79. The van der Waals surface area contributed by atoms with Crippen LogP contribution in [-0.4, -0.2) is 37.0 Å². The molecule has 1 aromatic rings. The van der Waals surface area contributed by atoms with E-state index in [1.807, 2.05) is 0 Å². The van der Waals surface area contributed by atoms with Crippen LogP contribution >= 0.6 is 0 Å². The van der Waals surface area contributed by atoms with Crippen molar-refractivity contribution in [3.05, 3.63) is 35.4 Å². The van der Waals surface area contributed by atoms with Gasteiger partial charge in [0.15, 0.2) is 0 Å². The Morgan fingerprint density at radius 3 is 2.50 bits per heavy atom. The van der Waals surface area contributed by atoms with Crippen LogP contribution in [0.4, 0.5) is 0 Å². The number of carbonyl (C=O) groups is 1. The highest BCUT2D eigenvalue weighted by Crippen LogP contribution is 2.20. The van der Waals surface area contributed by atoms with Gasteiger partial charge >= 0.3 is 0 Å². The third kappa shape index (κ3) is 4.85. The van der Waals surface area contributed by atoms with Gasteiger partial charge in [0.2, 0.25) is 0 Å². The number of hydrogen-bond acceptors (Lipinski definition) is 3. The van der Waals surface area contributed by atoms with Crippen molar-refractivity contribution in [3.63, 3.8) is 0 Å². The van der Waals surface area contributed by atoms with Gasteiger partial charge in [0.25, 0.3) is 5.91 Å². The monoisotopic (exact) mass is 299 g/mol. The first-order valence-corrected chi connectivity index (χ1v) is 8.09. The summed E-state index contributed by atoms with van der Waals surface area (Å²) in [5.74, 6) is 1.49. The SMILES string of the molecule is C[C@H]1C[C@H](C)CN(CCCNC(=O)c2ccc(C#N)cc2)C1. The van der Waals surface area contributed by atoms with E-state index in [1.165, 1.54) is 19.5 Å². The van der Waals surface area contributed by atoms with Crippen LogP contribution in [0.25, 0.3) is 0 Å². The van der Waals surface area contributed by atoms with E-state index in [0.717, 1.165) is 24.8 Å². The third-order valence-electron chi connectivity index (χ3n) is 4.16. The maximum atomic E-state index is 12.0. The molecule has 0 saturated carbocycles. The number of nitriles is 1. The van der Waals surface area contributed by atoms with Crippen LogP contribution in [0.5, 0.6) is 0 Å². The van der Waals surface area contributed by atoms with Gasteiger partial charge in [-0.2, -0.15) is 5.26 Å². The topological polar surface area (TPSA) is 56.1 Å². The van der Waals surface area contributed by atoms with E-state index < -0.39 is 0 Å². The average Bonchev–Trinajstić information content (AvgIpc) is 2.50. The normalized spacial score (nSPS) is 22.0. The Hall–Kier alpha value is -1.86. The van der Waals surface area contributed by atoms with Crippen molar-refractivity contribution in [1.82, 2.24) is 10.2 Å². The highest BCUT2D eigenvalue weighted by atomic mass is 16.1. The summed E-state index contributed by atoms with van der Waals surface area (Å²) in [5, 5.41) is 11.7. The number of likely N-dealkylation sites (tertiary alicyclic amines) is 1. The van der Waals surface area contributed by atoms with E-state index >= 15 is 0 Å². The maximum absolute atomic E-state index is 12.0. The lowest BCUT2D eigenvalue weighted by atomic mass is 9.92. The molecule has 1 N–H and O–H groups in total. The summed E-state index contributed by atoms with van der Waals surface area (Å²) in [4.78, 5) is 14.5. The second-order valence-electron chi connectivity index (χ2n) is 6.50. The molecule has 1 aromatic carbocycles. The van der Waals surface area contributed by atoms with Gasteiger partial charge < -0.3 is 10.2 Å². The van der Waals surface area contributed by atoms with Crippen molar-refractivity contribution in [3.8, 4) is 6.07 Å². The minimum atomic E-state index is -0.0649. The fourth-order valence-corrected chi connectivity index (χ4v) is 3.28. The van der Waals surface area contributed by atoms with Crippen LogP contribution in [0, 0.1) is 23.2 Å². The van der Waals surface area contributed by atoms with Crippen LogP contribution in [0.1, 0.15) is 42.6 Å². The molecule has 4 nitrogen and oxygen atoms in total. The van der Waals surface area contributed by atoms with Gasteiger partial charge in [-0.3, -0.25) is 4.79 Å². The van der Waals surface area contributed by atoms with Crippen LogP contribution in [-0.2, 0) is 0 Å². The van der Waals surface area contributed by atoms with Crippen LogP contribution < -0.4 is 5.32 Å². The zero-order valence-electron chi connectivity index (χ0n) is 13.5. The van der Waals surface area contributed by atoms with E-state index in [2.05, 4.69) is 30.1 Å². The van der Waals surface area contributed by atoms with Gasteiger partial charge in [0.05, 0.1) is 11.6 Å². The molecular weight excluding hydrogens is 274 g/mol. The molecule has 0 bridgehead atoms. The second kappa shape index (κ2) is 7.95. The van der Waals surface area contributed by atoms with E-state index in [1.54, 1.807) is 24.3 Å². The third-order valence-corrected chi connectivity index (χ3v) is 4.16. The molecule has 0 radical (unpaired) electrons. The number of rotatable bonds is 5. The molecule has 1 aliphatic heterocycles. The van der Waals surface area contributed by atoms with Gasteiger partial charge in [-0.05, 0) is 55.5 Å². The van der Waals surface area contributed by atoms with E-state index in [0.29, 0.717) is 17.7 Å². The van der Waals surface area contributed by atoms with E-state index in [-0.39, 0.29) is 5.91 Å². The van der Waals surface area contributed by atoms with Crippen molar-refractivity contribution in [2.24, 2.45) is 11.8 Å². The smallest absolute Gasteiger partial charge is 0.251 e. The molecule has 0 unspecified atom stereocenters. The Morgan fingerprint density at radius 1 is 1.27 bits per heavy atom. The number of nitrogens with zero attached hydrogens (tertiary/aromatic N) is 2. The predicted octanol–water partition coefficient (Wildman–Crippen LogP) is 2.66. The van der Waals surface area contributed by atoms with Crippen molar-refractivity contribution in [2.45, 2.75) is 26.7 Å². The van der Waals surface area contributed by atoms with Gasteiger partial charge in [-0.1, -0.05) is 13.8 Å². The molecule has 1 saturated heterocycles. The van der Waals surface area contributed by atoms with Crippen molar-refractivity contribution in [1.29, 1.82) is 5.26 Å². The molecule has 0 aromatic heterocycles. The van der Waals surface area contributed by atoms with Gasteiger partial charge in [-0.25, -0.2) is 0 Å². The first-order valence-electron chi connectivity index (χ1n) is 8.09. The standard InChI is InChI=1S/C18H25N3O/c1-14-10-15(2)13-21(12-14)9-3-8-20-18(22)17-6-4-16(11-19)5-7-17/h4-7,14-15H,3,8-10,12-13H2,1-2H3,(H,20,22)/t14-,15-/m0/s1. The Balaban J connectivity index is 1.69. The molecular formula is C18H25N3O. The predicted molar refractivity (Wildman–Crippen MR) is 87.5 cm³/mol. The van der Waals surface area contributed by atoms with Crippen LogP contribution in [0.2, 0.25) is 0 Å². The summed E-state index contributed by atoms with van der Waals surface area (Å²) in [6.45, 7) is 8.72. The summed E-state index contributed by atoms with van der Waals surface area (Å²) in [6.07, 6.45) is 2.30. The lowest BCUT2D eigenvalue weighted by molar-refractivity contribution is 0.0947. The van der Waals surface area contributed by atoms with Gasteiger partial charge in [0.1, 0.15) is 0 Å². The Kier molecular flexibility index (Phi) is 5.97. The Labute approximate surface area is 133 Å². The zero-order valence-corrected chi connectivity index (χ0v) is 13.5. The van der Waals surface area contributed by atoms with Crippen molar-refractivity contribution < 1.29 is 4.79 Å². The number of carbonyl (C=O) groups excluding carboxylic acids is 1. The summed E-state index contributed by atoms with van der Waals surface area (Å²) >= 11 is 0. The lowest BCUT2D eigenvalue weighted by Crippen LogP contribution is -2.40. The molecule has 118 valence electrons. The van der Waals surface area contributed by atoms with E-state index in [4.69, 9.17) is 5.26 Å². The quantitative estimate of drug-likeness (QED) is 0.850. The number of hydrogen-bond donors (Lipinski definition) is 1. The van der Waals surface area contributed by atoms with Crippen molar-refractivity contribution >= 4 is 5.91 Å². The Morgan fingerprint density at radius 2 is 1.91 bits per heavy atom. The zero-order chi connectivity index (χ0) is 15.9. The highest BCUT2D eigenvalue weighted by Gasteiger charge is 2.21. The summed E-state index contributed by atoms with van der Waals surface area (Å²) in [5.41, 5.74) is 1.18. The number of nitrogens with one attached hydrogen (secondary N) is 1. The molecule has 2 rings (SSSR count). The molecule has 0 aliphatic carbocycles. The number of piperidine rings is 1. The lowest BCUT2D eigenvalue weighted by Gasteiger charge is -2.34. The first kappa shape index (κ1) is 16.5. The maximum Gasteiger partial charge on any atom is 0.251 e. The van der Waals surface area contributed by atoms with Gasteiger partial charge in [0, 0.05) is 25.2 Å². The Bertz CT molecular complexity index is 522. The number of benzene rings is 1. The minimum Gasteiger partial charge on any atom is -0.352 e. The molecule has 1 heterocycles. The molecule has 1 amide bonds. The fraction of sp³-hybridized carbons (Fsp3) is 0.556. The minimum absolute atomic E-state index is 0.0649. The molecule has 4 heteroatoms. The highest BCUT2D eigenvalue weighted by molar-refractivity contribution is 5.94. The largest absolute Gasteiger partial charge is 0.352 e. The number of amides is 1. The average molecular weight is 299 g/mol. The molecule has 2 atom stereocenters. The molecule has 22 heavy (non-hydrogen) atoms. The van der Waals surface area contributed by atoms with Crippen molar-refractivity contribution in [2.75, 3.05) is 26.2 Å². The molecule has 1 aliphatic rings. The van der Waals surface area contributed by atoms with E-state index in [9.17, 15) is 4.79 Å². The molecule has 1 fully saturated rings. The fourth-order valence-electron chi connectivity index (χ4n) is 3.28. The van der Waals surface area contributed by atoms with Crippen LogP contribution in [0.15, 0.2) is 24.3 Å². The van der Waals surface area contributed by atoms with Gasteiger partial charge in [-0.15, -0.1) is 0 Å². The molecule has 0 spiro atoms. The summed E-state index contributed by atoms with van der Waals surface area (Å²) in [7, 11) is 0. The first-order chi connectivity index (χ1) is 10.6. The van der Waals surface area contributed by atoms with Crippen LogP contribution in [0.3, 0.4) is 0 Å². The second-order valence-corrected chi connectivity index (χ2v) is 6.50. The summed E-state index contributed by atoms with van der Waals surface area (Å²) < 4.78 is 0.